The molecule has 5 nitrogen and oxygen atoms in total. The van der Waals surface area contributed by atoms with Gasteiger partial charge in [0.15, 0.2) is 0 Å². The summed E-state index contributed by atoms with van der Waals surface area (Å²) in [6.07, 6.45) is 2.49. The van der Waals surface area contributed by atoms with Gasteiger partial charge in [0.25, 0.3) is 0 Å². The number of methoxy groups -OCH3 is 1. The standard InChI is InChI=1S/C16H20N2O3/c1-19-14-4-6-15(7-5-14)20-10-11-21-16-3-2-13(8-9-17)18-12-16/h2-7,12H,8-11,17H2,1H3. The largest absolute Gasteiger partial charge is 0.497 e. The van der Waals surface area contributed by atoms with Crippen LogP contribution in [0, 0.1) is 0 Å². The zero-order chi connectivity index (χ0) is 14.9. The minimum atomic E-state index is 0.462. The van der Waals surface area contributed by atoms with E-state index in [0.29, 0.717) is 19.8 Å². The van der Waals surface area contributed by atoms with Crippen molar-refractivity contribution < 1.29 is 14.2 Å². The zero-order valence-corrected chi connectivity index (χ0v) is 12.1. The van der Waals surface area contributed by atoms with E-state index in [-0.39, 0.29) is 0 Å². The average Bonchev–Trinajstić information content (AvgIpc) is 2.54. The normalized spacial score (nSPS) is 10.2. The minimum absolute atomic E-state index is 0.462. The third-order valence-corrected chi connectivity index (χ3v) is 2.88. The van der Waals surface area contributed by atoms with Crippen LogP contribution in [0.15, 0.2) is 42.6 Å². The Morgan fingerprint density at radius 3 is 2.10 bits per heavy atom. The van der Waals surface area contributed by atoms with Gasteiger partial charge in [-0.3, -0.25) is 4.98 Å². The summed E-state index contributed by atoms with van der Waals surface area (Å²) in [7, 11) is 1.64. The summed E-state index contributed by atoms with van der Waals surface area (Å²) in [5.41, 5.74) is 6.45. The number of hydrogen-bond donors (Lipinski definition) is 1. The number of hydrogen-bond acceptors (Lipinski definition) is 5. The van der Waals surface area contributed by atoms with Crippen LogP contribution >= 0.6 is 0 Å². The van der Waals surface area contributed by atoms with Crippen LogP contribution in [0.25, 0.3) is 0 Å². The lowest BCUT2D eigenvalue weighted by Crippen LogP contribution is -2.09. The highest BCUT2D eigenvalue weighted by atomic mass is 16.5. The molecule has 1 aromatic carbocycles. The molecule has 0 spiro atoms. The van der Waals surface area contributed by atoms with Crippen LogP contribution in [-0.2, 0) is 6.42 Å². The first kappa shape index (κ1) is 15.1. The number of rotatable bonds is 8. The average molecular weight is 288 g/mol. The van der Waals surface area contributed by atoms with Crippen LogP contribution in [0.5, 0.6) is 17.2 Å². The van der Waals surface area contributed by atoms with Crippen molar-refractivity contribution >= 4 is 0 Å². The van der Waals surface area contributed by atoms with Crippen molar-refractivity contribution in [3.8, 4) is 17.2 Å². The molecule has 112 valence electrons. The van der Waals surface area contributed by atoms with Gasteiger partial charge < -0.3 is 19.9 Å². The van der Waals surface area contributed by atoms with E-state index in [2.05, 4.69) is 4.98 Å². The van der Waals surface area contributed by atoms with Crippen molar-refractivity contribution in [2.24, 2.45) is 5.73 Å². The van der Waals surface area contributed by atoms with Crippen molar-refractivity contribution in [3.05, 3.63) is 48.3 Å². The number of pyridine rings is 1. The summed E-state index contributed by atoms with van der Waals surface area (Å²) in [5, 5.41) is 0. The molecule has 1 heterocycles. The number of nitrogens with zero attached hydrogens (tertiary/aromatic N) is 1. The maximum absolute atomic E-state index is 5.57. The zero-order valence-electron chi connectivity index (χ0n) is 12.1. The Hall–Kier alpha value is -2.27. The van der Waals surface area contributed by atoms with Gasteiger partial charge in [0.05, 0.1) is 13.3 Å². The Morgan fingerprint density at radius 1 is 0.905 bits per heavy atom. The van der Waals surface area contributed by atoms with Gasteiger partial charge in [-0.1, -0.05) is 0 Å². The molecule has 21 heavy (non-hydrogen) atoms. The van der Waals surface area contributed by atoms with E-state index >= 15 is 0 Å². The number of aromatic nitrogens is 1. The fraction of sp³-hybridized carbons (Fsp3) is 0.312. The molecule has 0 fully saturated rings. The number of nitrogens with two attached hydrogens (primary N) is 1. The molecular weight excluding hydrogens is 268 g/mol. The van der Waals surface area contributed by atoms with Crippen LogP contribution in [0.4, 0.5) is 0 Å². The second-order valence-corrected chi connectivity index (χ2v) is 4.40. The fourth-order valence-corrected chi connectivity index (χ4v) is 1.78. The molecule has 0 aliphatic heterocycles. The van der Waals surface area contributed by atoms with Crippen molar-refractivity contribution in [1.29, 1.82) is 0 Å². The van der Waals surface area contributed by atoms with Crippen LogP contribution < -0.4 is 19.9 Å². The van der Waals surface area contributed by atoms with E-state index in [1.807, 2.05) is 36.4 Å². The second-order valence-electron chi connectivity index (χ2n) is 4.40. The molecule has 0 amide bonds. The van der Waals surface area contributed by atoms with Crippen molar-refractivity contribution in [3.63, 3.8) is 0 Å². The number of benzene rings is 1. The molecule has 2 rings (SSSR count). The molecule has 0 saturated carbocycles. The molecular formula is C16H20N2O3. The first-order chi connectivity index (χ1) is 10.3. The van der Waals surface area contributed by atoms with E-state index in [1.165, 1.54) is 0 Å². The van der Waals surface area contributed by atoms with Crippen LogP contribution in [0.3, 0.4) is 0 Å². The Labute approximate surface area is 124 Å². The highest BCUT2D eigenvalue weighted by molar-refractivity contribution is 5.31. The first-order valence-electron chi connectivity index (χ1n) is 6.86. The molecule has 2 N–H and O–H groups in total. The molecule has 0 saturated heterocycles. The smallest absolute Gasteiger partial charge is 0.137 e. The maximum atomic E-state index is 5.57. The fourth-order valence-electron chi connectivity index (χ4n) is 1.78. The summed E-state index contributed by atoms with van der Waals surface area (Å²) in [6, 6.07) is 11.3. The van der Waals surface area contributed by atoms with Crippen molar-refractivity contribution in [2.75, 3.05) is 26.9 Å². The molecule has 0 aliphatic carbocycles. The predicted octanol–water partition coefficient (Wildman–Crippen LogP) is 2.05. The lowest BCUT2D eigenvalue weighted by atomic mass is 10.3. The summed E-state index contributed by atoms with van der Waals surface area (Å²) in [4.78, 5) is 4.26. The van der Waals surface area contributed by atoms with Gasteiger partial charge in [-0.05, 0) is 42.9 Å². The Kier molecular flexibility index (Phi) is 5.84. The lowest BCUT2D eigenvalue weighted by molar-refractivity contribution is 0.216. The molecule has 2 aromatic rings. The summed E-state index contributed by atoms with van der Waals surface area (Å²) in [6.45, 7) is 1.53. The maximum Gasteiger partial charge on any atom is 0.137 e. The second kappa shape index (κ2) is 8.11. The molecule has 0 bridgehead atoms. The molecule has 0 radical (unpaired) electrons. The van der Waals surface area contributed by atoms with Gasteiger partial charge in [0.1, 0.15) is 30.5 Å². The molecule has 0 aliphatic rings. The summed E-state index contributed by atoms with van der Waals surface area (Å²) < 4.78 is 16.2. The Bertz CT molecular complexity index is 526. The van der Waals surface area contributed by atoms with Crippen molar-refractivity contribution in [1.82, 2.24) is 4.98 Å². The van der Waals surface area contributed by atoms with Crippen molar-refractivity contribution in [2.45, 2.75) is 6.42 Å². The van der Waals surface area contributed by atoms with E-state index in [1.54, 1.807) is 13.3 Å². The molecule has 0 atom stereocenters. The van der Waals surface area contributed by atoms with Crippen LogP contribution in [0.2, 0.25) is 0 Å². The highest BCUT2D eigenvalue weighted by Gasteiger charge is 1.98. The highest BCUT2D eigenvalue weighted by Crippen LogP contribution is 2.17. The van der Waals surface area contributed by atoms with E-state index in [4.69, 9.17) is 19.9 Å². The Balaban J connectivity index is 1.71. The third kappa shape index (κ3) is 4.96. The topological polar surface area (TPSA) is 66.6 Å². The summed E-state index contributed by atoms with van der Waals surface area (Å²) >= 11 is 0. The van der Waals surface area contributed by atoms with E-state index in [9.17, 15) is 0 Å². The number of ether oxygens (including phenoxy) is 3. The van der Waals surface area contributed by atoms with Gasteiger partial charge >= 0.3 is 0 Å². The van der Waals surface area contributed by atoms with Gasteiger partial charge in [0, 0.05) is 12.1 Å². The lowest BCUT2D eigenvalue weighted by Gasteiger charge is -2.09. The SMILES string of the molecule is COc1ccc(OCCOc2ccc(CCN)nc2)cc1. The molecule has 1 aromatic heterocycles. The van der Waals surface area contributed by atoms with Gasteiger partial charge in [-0.25, -0.2) is 0 Å². The van der Waals surface area contributed by atoms with Gasteiger partial charge in [-0.15, -0.1) is 0 Å². The van der Waals surface area contributed by atoms with Gasteiger partial charge in [-0.2, -0.15) is 0 Å². The minimum Gasteiger partial charge on any atom is -0.497 e. The quantitative estimate of drug-likeness (QED) is 0.753. The first-order valence-corrected chi connectivity index (χ1v) is 6.86. The third-order valence-electron chi connectivity index (χ3n) is 2.88. The van der Waals surface area contributed by atoms with Crippen LogP contribution in [-0.4, -0.2) is 31.9 Å². The summed E-state index contributed by atoms with van der Waals surface area (Å²) in [5.74, 6) is 2.33. The Morgan fingerprint density at radius 2 is 1.52 bits per heavy atom. The van der Waals surface area contributed by atoms with E-state index < -0.39 is 0 Å². The monoisotopic (exact) mass is 288 g/mol. The van der Waals surface area contributed by atoms with E-state index in [0.717, 1.165) is 29.4 Å². The predicted molar refractivity (Wildman–Crippen MR) is 81.0 cm³/mol. The van der Waals surface area contributed by atoms with Crippen LogP contribution in [0.1, 0.15) is 5.69 Å². The molecule has 0 unspecified atom stereocenters. The van der Waals surface area contributed by atoms with Gasteiger partial charge in [0.2, 0.25) is 0 Å². The molecule has 5 heteroatoms.